The molecule has 0 saturated carbocycles. The molecule has 0 aliphatic rings. The Morgan fingerprint density at radius 3 is 2.17 bits per heavy atom. The first kappa shape index (κ1) is 18.0. The minimum absolute atomic E-state index is 0.261. The topological polar surface area (TPSA) is 32.3 Å². The lowest BCUT2D eigenvalue weighted by molar-refractivity contribution is 0.477. The quantitative estimate of drug-likeness (QED) is 0.332. The molecule has 0 unspecified atom stereocenters. The molecule has 0 aliphatic heterocycles. The molecule has 144 valence electrons. The maximum atomic E-state index is 10.5. The molecule has 0 aromatic heterocycles. The first-order valence-electron chi connectivity index (χ1n) is 10.0. The SMILES string of the molecule is Oc1cccc(Nc2cccc(-c3cccc4ccccc34)c2)c1-c1ccccc1. The second kappa shape index (κ2) is 7.76. The van der Waals surface area contributed by atoms with Crippen LogP contribution in [-0.4, -0.2) is 5.11 Å². The van der Waals surface area contributed by atoms with Crippen LogP contribution < -0.4 is 5.32 Å². The van der Waals surface area contributed by atoms with Crippen LogP contribution in [0.2, 0.25) is 0 Å². The van der Waals surface area contributed by atoms with E-state index < -0.39 is 0 Å². The number of phenolic OH excluding ortho intramolecular Hbond substituents is 1. The van der Waals surface area contributed by atoms with E-state index in [9.17, 15) is 5.11 Å². The average Bonchev–Trinajstić information content (AvgIpc) is 2.80. The summed E-state index contributed by atoms with van der Waals surface area (Å²) < 4.78 is 0. The standard InChI is InChI=1S/C28H21NO/c30-27-18-8-17-26(28(27)21-10-2-1-3-11-21)29-23-14-6-13-22(19-23)25-16-7-12-20-9-4-5-15-24(20)25/h1-19,29-30H. The number of nitrogens with one attached hydrogen (secondary N) is 1. The highest BCUT2D eigenvalue weighted by Crippen LogP contribution is 2.38. The van der Waals surface area contributed by atoms with Gasteiger partial charge in [0.15, 0.2) is 0 Å². The fraction of sp³-hybridized carbons (Fsp3) is 0. The van der Waals surface area contributed by atoms with Crippen LogP contribution in [-0.2, 0) is 0 Å². The average molecular weight is 387 g/mol. The third-order valence-corrected chi connectivity index (χ3v) is 5.35. The van der Waals surface area contributed by atoms with Gasteiger partial charge >= 0.3 is 0 Å². The number of benzene rings is 5. The molecule has 0 saturated heterocycles. The van der Waals surface area contributed by atoms with Crippen molar-refractivity contribution in [1.29, 1.82) is 0 Å². The Labute approximate surface area is 176 Å². The molecule has 0 radical (unpaired) electrons. The Kier molecular flexibility index (Phi) is 4.66. The van der Waals surface area contributed by atoms with Crippen LogP contribution in [0.4, 0.5) is 11.4 Å². The molecule has 5 rings (SSSR count). The van der Waals surface area contributed by atoms with Crippen molar-refractivity contribution in [2.24, 2.45) is 0 Å². The van der Waals surface area contributed by atoms with Crippen LogP contribution in [0.25, 0.3) is 33.0 Å². The molecule has 0 aliphatic carbocycles. The fourth-order valence-electron chi connectivity index (χ4n) is 3.95. The third-order valence-electron chi connectivity index (χ3n) is 5.35. The summed E-state index contributed by atoms with van der Waals surface area (Å²) in [7, 11) is 0. The summed E-state index contributed by atoms with van der Waals surface area (Å²) >= 11 is 0. The van der Waals surface area contributed by atoms with E-state index >= 15 is 0 Å². The van der Waals surface area contributed by atoms with E-state index in [-0.39, 0.29) is 5.75 Å². The van der Waals surface area contributed by atoms with Crippen LogP contribution in [0.1, 0.15) is 0 Å². The van der Waals surface area contributed by atoms with E-state index in [4.69, 9.17) is 0 Å². The van der Waals surface area contributed by atoms with E-state index in [1.807, 2.05) is 48.5 Å². The Bertz CT molecular complexity index is 1320. The Hall–Kier alpha value is -4.04. The predicted octanol–water partition coefficient (Wildman–Crippen LogP) is 7.62. The number of anilines is 2. The van der Waals surface area contributed by atoms with Gasteiger partial charge < -0.3 is 10.4 Å². The molecule has 2 N–H and O–H groups in total. The largest absolute Gasteiger partial charge is 0.507 e. The molecule has 0 fully saturated rings. The second-order valence-corrected chi connectivity index (χ2v) is 7.30. The summed E-state index contributed by atoms with van der Waals surface area (Å²) in [6, 6.07) is 38.8. The number of hydrogen-bond donors (Lipinski definition) is 2. The Morgan fingerprint density at radius 1 is 0.567 bits per heavy atom. The fourth-order valence-corrected chi connectivity index (χ4v) is 3.95. The van der Waals surface area contributed by atoms with Gasteiger partial charge in [-0.15, -0.1) is 0 Å². The maximum Gasteiger partial charge on any atom is 0.125 e. The smallest absolute Gasteiger partial charge is 0.125 e. The molecule has 5 aromatic rings. The van der Waals surface area contributed by atoms with Crippen molar-refractivity contribution in [3.8, 4) is 28.0 Å². The first-order valence-corrected chi connectivity index (χ1v) is 10.0. The van der Waals surface area contributed by atoms with Gasteiger partial charge in [-0.05, 0) is 51.7 Å². The minimum Gasteiger partial charge on any atom is -0.507 e. The van der Waals surface area contributed by atoms with Gasteiger partial charge in [0.05, 0.1) is 5.69 Å². The van der Waals surface area contributed by atoms with Crippen LogP contribution in [0, 0.1) is 0 Å². The van der Waals surface area contributed by atoms with Gasteiger partial charge in [0.1, 0.15) is 5.75 Å². The van der Waals surface area contributed by atoms with E-state index in [0.717, 1.165) is 28.1 Å². The zero-order valence-electron chi connectivity index (χ0n) is 16.4. The van der Waals surface area contributed by atoms with Crippen LogP contribution in [0.3, 0.4) is 0 Å². The van der Waals surface area contributed by atoms with Crippen molar-refractivity contribution in [2.45, 2.75) is 0 Å². The summed E-state index contributed by atoms with van der Waals surface area (Å²) in [5.74, 6) is 0.261. The van der Waals surface area contributed by atoms with Crippen LogP contribution >= 0.6 is 0 Å². The van der Waals surface area contributed by atoms with Crippen LogP contribution in [0.5, 0.6) is 5.75 Å². The van der Waals surface area contributed by atoms with Crippen molar-refractivity contribution in [3.63, 3.8) is 0 Å². The first-order chi connectivity index (χ1) is 14.8. The van der Waals surface area contributed by atoms with E-state index in [1.165, 1.54) is 16.3 Å². The summed E-state index contributed by atoms with van der Waals surface area (Å²) in [4.78, 5) is 0. The van der Waals surface area contributed by atoms with Crippen molar-refractivity contribution in [2.75, 3.05) is 5.32 Å². The Balaban J connectivity index is 1.56. The van der Waals surface area contributed by atoms with Gasteiger partial charge in [-0.2, -0.15) is 0 Å². The number of aromatic hydroxyl groups is 1. The van der Waals surface area contributed by atoms with E-state index in [2.05, 4.69) is 66.0 Å². The number of phenols is 1. The van der Waals surface area contributed by atoms with E-state index in [1.54, 1.807) is 6.07 Å². The lowest BCUT2D eigenvalue weighted by atomic mass is 9.98. The highest BCUT2D eigenvalue weighted by Gasteiger charge is 2.11. The predicted molar refractivity (Wildman–Crippen MR) is 126 cm³/mol. The summed E-state index contributed by atoms with van der Waals surface area (Å²) in [5.41, 5.74) is 5.98. The molecule has 2 nitrogen and oxygen atoms in total. The molecule has 0 bridgehead atoms. The molecule has 2 heteroatoms. The van der Waals surface area contributed by atoms with Gasteiger partial charge in [0.2, 0.25) is 0 Å². The van der Waals surface area contributed by atoms with Crippen molar-refractivity contribution in [1.82, 2.24) is 0 Å². The van der Waals surface area contributed by atoms with Gasteiger partial charge in [-0.1, -0.05) is 91.0 Å². The van der Waals surface area contributed by atoms with Crippen LogP contribution in [0.15, 0.2) is 115 Å². The maximum absolute atomic E-state index is 10.5. The van der Waals surface area contributed by atoms with Gasteiger partial charge in [-0.25, -0.2) is 0 Å². The van der Waals surface area contributed by atoms with Gasteiger partial charge in [-0.3, -0.25) is 0 Å². The molecular weight excluding hydrogens is 366 g/mol. The summed E-state index contributed by atoms with van der Waals surface area (Å²) in [5, 5.41) is 16.5. The number of fused-ring (bicyclic) bond motifs is 1. The summed E-state index contributed by atoms with van der Waals surface area (Å²) in [6.45, 7) is 0. The van der Waals surface area contributed by atoms with Crippen molar-refractivity contribution >= 4 is 22.1 Å². The second-order valence-electron chi connectivity index (χ2n) is 7.30. The zero-order chi connectivity index (χ0) is 20.3. The van der Waals surface area contributed by atoms with E-state index in [0.29, 0.717) is 0 Å². The molecule has 0 spiro atoms. The zero-order valence-corrected chi connectivity index (χ0v) is 16.4. The monoisotopic (exact) mass is 387 g/mol. The highest BCUT2D eigenvalue weighted by molar-refractivity contribution is 5.97. The minimum atomic E-state index is 0.261. The lowest BCUT2D eigenvalue weighted by Gasteiger charge is -2.15. The highest BCUT2D eigenvalue weighted by atomic mass is 16.3. The Morgan fingerprint density at radius 2 is 1.27 bits per heavy atom. The normalized spacial score (nSPS) is 10.8. The molecule has 0 heterocycles. The molecular formula is C28H21NO. The molecule has 0 atom stereocenters. The lowest BCUT2D eigenvalue weighted by Crippen LogP contribution is -1.94. The number of hydrogen-bond acceptors (Lipinski definition) is 2. The van der Waals surface area contributed by atoms with Crippen molar-refractivity contribution in [3.05, 3.63) is 115 Å². The third kappa shape index (κ3) is 3.40. The molecule has 0 amide bonds. The molecule has 30 heavy (non-hydrogen) atoms. The molecule has 5 aromatic carbocycles. The van der Waals surface area contributed by atoms with Gasteiger partial charge in [0, 0.05) is 11.3 Å². The number of rotatable bonds is 4. The van der Waals surface area contributed by atoms with Crippen molar-refractivity contribution < 1.29 is 5.11 Å². The summed E-state index contributed by atoms with van der Waals surface area (Å²) in [6.07, 6.45) is 0. The van der Waals surface area contributed by atoms with Gasteiger partial charge in [0.25, 0.3) is 0 Å².